The molecule has 0 aliphatic carbocycles. The van der Waals surface area contributed by atoms with Crippen molar-refractivity contribution in [3.8, 4) is 0 Å². The second-order valence-corrected chi connectivity index (χ2v) is 6.58. The molecular weight excluding hydrogens is 328 g/mol. The lowest BCUT2D eigenvalue weighted by molar-refractivity contribution is 0.0398. The smallest absolute Gasteiger partial charge is 0.274 e. The van der Waals surface area contributed by atoms with E-state index in [0.717, 1.165) is 56.3 Å². The van der Waals surface area contributed by atoms with Crippen molar-refractivity contribution in [3.63, 3.8) is 0 Å². The van der Waals surface area contributed by atoms with Gasteiger partial charge in [-0.05, 0) is 37.6 Å². The zero-order chi connectivity index (χ0) is 18.4. The Morgan fingerprint density at radius 2 is 2.00 bits per heavy atom. The van der Waals surface area contributed by atoms with E-state index in [2.05, 4.69) is 20.5 Å². The zero-order valence-electron chi connectivity index (χ0n) is 15.4. The standard InChI is InChI=1S/C20H26N4O2/c1-15-3-4-18(16(2)13-15)23-20(25)19-14-17(5-6-22-19)21-7-8-24-9-11-26-12-10-24/h3-6,13-14H,7-12H2,1-2H3,(H,21,22)(H,23,25). The molecule has 0 bridgehead atoms. The van der Waals surface area contributed by atoms with Crippen LogP contribution in [0.25, 0.3) is 0 Å². The van der Waals surface area contributed by atoms with Crippen molar-refractivity contribution < 1.29 is 9.53 Å². The Labute approximate surface area is 154 Å². The van der Waals surface area contributed by atoms with E-state index in [1.165, 1.54) is 5.56 Å². The Morgan fingerprint density at radius 3 is 2.77 bits per heavy atom. The summed E-state index contributed by atoms with van der Waals surface area (Å²) in [6, 6.07) is 9.63. The Bertz CT molecular complexity index is 757. The van der Waals surface area contributed by atoms with Gasteiger partial charge in [-0.15, -0.1) is 0 Å². The number of nitrogens with zero attached hydrogens (tertiary/aromatic N) is 2. The summed E-state index contributed by atoms with van der Waals surface area (Å²) < 4.78 is 5.36. The van der Waals surface area contributed by atoms with Crippen LogP contribution < -0.4 is 10.6 Å². The van der Waals surface area contributed by atoms with Crippen molar-refractivity contribution in [2.45, 2.75) is 13.8 Å². The molecule has 1 aliphatic rings. The molecule has 0 saturated carbocycles. The highest BCUT2D eigenvalue weighted by Gasteiger charge is 2.11. The number of ether oxygens (including phenoxy) is 1. The Kier molecular flexibility index (Phi) is 6.20. The lowest BCUT2D eigenvalue weighted by atomic mass is 10.1. The minimum Gasteiger partial charge on any atom is -0.384 e. The third-order valence-electron chi connectivity index (χ3n) is 4.48. The molecule has 26 heavy (non-hydrogen) atoms. The van der Waals surface area contributed by atoms with Gasteiger partial charge in [0.05, 0.1) is 13.2 Å². The quantitative estimate of drug-likeness (QED) is 0.835. The minimum absolute atomic E-state index is 0.200. The van der Waals surface area contributed by atoms with Crippen molar-refractivity contribution in [1.29, 1.82) is 0 Å². The molecular formula is C20H26N4O2. The molecule has 1 amide bonds. The normalized spacial score (nSPS) is 14.8. The van der Waals surface area contributed by atoms with Gasteiger partial charge in [0.2, 0.25) is 0 Å². The van der Waals surface area contributed by atoms with Crippen molar-refractivity contribution >= 4 is 17.3 Å². The fourth-order valence-corrected chi connectivity index (χ4v) is 2.99. The highest BCUT2D eigenvalue weighted by molar-refractivity contribution is 6.03. The second-order valence-electron chi connectivity index (χ2n) is 6.58. The molecule has 1 saturated heterocycles. The number of hydrogen-bond donors (Lipinski definition) is 2. The molecule has 3 rings (SSSR count). The van der Waals surface area contributed by atoms with E-state index in [0.29, 0.717) is 5.69 Å². The van der Waals surface area contributed by atoms with Crippen LogP contribution in [0.15, 0.2) is 36.5 Å². The molecule has 138 valence electrons. The fourth-order valence-electron chi connectivity index (χ4n) is 2.99. The predicted octanol–water partition coefficient (Wildman–Crippen LogP) is 2.69. The number of nitrogens with one attached hydrogen (secondary N) is 2. The van der Waals surface area contributed by atoms with Crippen molar-refractivity contribution in [3.05, 3.63) is 53.3 Å². The van der Waals surface area contributed by atoms with E-state index in [4.69, 9.17) is 4.74 Å². The van der Waals surface area contributed by atoms with Crippen LogP contribution in [0.1, 0.15) is 21.6 Å². The van der Waals surface area contributed by atoms with Crippen LogP contribution in [-0.2, 0) is 4.74 Å². The first-order valence-corrected chi connectivity index (χ1v) is 9.00. The Hall–Kier alpha value is -2.44. The van der Waals surface area contributed by atoms with Gasteiger partial charge in [0.15, 0.2) is 0 Å². The van der Waals surface area contributed by atoms with E-state index < -0.39 is 0 Å². The van der Waals surface area contributed by atoms with Crippen LogP contribution in [0.4, 0.5) is 11.4 Å². The lowest BCUT2D eigenvalue weighted by Gasteiger charge is -2.26. The van der Waals surface area contributed by atoms with Crippen molar-refractivity contribution in [2.24, 2.45) is 0 Å². The average Bonchev–Trinajstić information content (AvgIpc) is 2.65. The van der Waals surface area contributed by atoms with Gasteiger partial charge in [-0.25, -0.2) is 0 Å². The van der Waals surface area contributed by atoms with Gasteiger partial charge < -0.3 is 15.4 Å². The van der Waals surface area contributed by atoms with E-state index in [1.54, 1.807) is 12.3 Å². The molecule has 0 unspecified atom stereocenters. The highest BCUT2D eigenvalue weighted by Crippen LogP contribution is 2.17. The van der Waals surface area contributed by atoms with Gasteiger partial charge in [0.25, 0.3) is 5.91 Å². The van der Waals surface area contributed by atoms with Gasteiger partial charge in [-0.1, -0.05) is 17.7 Å². The highest BCUT2D eigenvalue weighted by atomic mass is 16.5. The summed E-state index contributed by atoms with van der Waals surface area (Å²) in [6.45, 7) is 9.35. The maximum absolute atomic E-state index is 12.5. The maximum Gasteiger partial charge on any atom is 0.274 e. The lowest BCUT2D eigenvalue weighted by Crippen LogP contribution is -2.39. The number of carbonyl (C=O) groups excluding carboxylic acids is 1. The predicted molar refractivity (Wildman–Crippen MR) is 104 cm³/mol. The van der Waals surface area contributed by atoms with E-state index >= 15 is 0 Å². The molecule has 0 radical (unpaired) electrons. The molecule has 1 aromatic carbocycles. The number of benzene rings is 1. The average molecular weight is 354 g/mol. The number of amides is 1. The molecule has 0 spiro atoms. The van der Waals surface area contributed by atoms with Crippen LogP contribution in [0.3, 0.4) is 0 Å². The first-order chi connectivity index (χ1) is 12.6. The van der Waals surface area contributed by atoms with E-state index in [9.17, 15) is 4.79 Å². The summed E-state index contributed by atoms with van der Waals surface area (Å²) in [5.74, 6) is -0.200. The summed E-state index contributed by atoms with van der Waals surface area (Å²) in [6.07, 6.45) is 1.66. The topological polar surface area (TPSA) is 66.5 Å². The SMILES string of the molecule is Cc1ccc(NC(=O)c2cc(NCCN3CCOCC3)ccn2)c(C)c1. The zero-order valence-corrected chi connectivity index (χ0v) is 15.4. The van der Waals surface area contributed by atoms with Gasteiger partial charge >= 0.3 is 0 Å². The van der Waals surface area contributed by atoms with Crippen LogP contribution in [0.5, 0.6) is 0 Å². The van der Waals surface area contributed by atoms with Crippen molar-refractivity contribution in [1.82, 2.24) is 9.88 Å². The fraction of sp³-hybridized carbons (Fsp3) is 0.400. The van der Waals surface area contributed by atoms with Gasteiger partial charge in [-0.3, -0.25) is 14.7 Å². The number of hydrogen-bond acceptors (Lipinski definition) is 5. The summed E-state index contributed by atoms with van der Waals surface area (Å²) >= 11 is 0. The molecule has 6 nitrogen and oxygen atoms in total. The summed E-state index contributed by atoms with van der Waals surface area (Å²) in [5.41, 5.74) is 4.33. The van der Waals surface area contributed by atoms with Gasteiger partial charge in [-0.2, -0.15) is 0 Å². The van der Waals surface area contributed by atoms with Crippen LogP contribution in [-0.4, -0.2) is 55.2 Å². The van der Waals surface area contributed by atoms with Gasteiger partial charge in [0.1, 0.15) is 5.69 Å². The minimum atomic E-state index is -0.200. The number of morpholine rings is 1. The molecule has 2 N–H and O–H groups in total. The monoisotopic (exact) mass is 354 g/mol. The first kappa shape index (κ1) is 18.4. The molecule has 0 atom stereocenters. The summed E-state index contributed by atoms with van der Waals surface area (Å²) in [7, 11) is 0. The number of carbonyl (C=O) groups is 1. The summed E-state index contributed by atoms with van der Waals surface area (Å²) in [4.78, 5) is 19.1. The summed E-state index contributed by atoms with van der Waals surface area (Å²) in [5, 5.41) is 6.30. The Morgan fingerprint density at radius 1 is 1.19 bits per heavy atom. The molecule has 1 fully saturated rings. The molecule has 2 aromatic rings. The molecule has 6 heteroatoms. The Balaban J connectivity index is 1.56. The molecule has 1 aliphatic heterocycles. The molecule has 2 heterocycles. The number of aromatic nitrogens is 1. The van der Waals surface area contributed by atoms with E-state index in [1.807, 2.05) is 38.1 Å². The molecule has 1 aromatic heterocycles. The first-order valence-electron chi connectivity index (χ1n) is 9.00. The third-order valence-corrected chi connectivity index (χ3v) is 4.48. The van der Waals surface area contributed by atoms with Gasteiger partial charge in [0, 0.05) is 43.8 Å². The number of pyridine rings is 1. The third kappa shape index (κ3) is 5.03. The number of rotatable bonds is 6. The number of anilines is 2. The number of aryl methyl sites for hydroxylation is 2. The van der Waals surface area contributed by atoms with Crippen LogP contribution in [0.2, 0.25) is 0 Å². The maximum atomic E-state index is 12.5. The van der Waals surface area contributed by atoms with Crippen LogP contribution in [0, 0.1) is 13.8 Å². The van der Waals surface area contributed by atoms with Crippen molar-refractivity contribution in [2.75, 3.05) is 50.0 Å². The second kappa shape index (κ2) is 8.78. The largest absolute Gasteiger partial charge is 0.384 e. The van der Waals surface area contributed by atoms with Crippen LogP contribution >= 0.6 is 0 Å². The van der Waals surface area contributed by atoms with E-state index in [-0.39, 0.29) is 5.91 Å².